The highest BCUT2D eigenvalue weighted by atomic mass is 79.9. The molecule has 1 aromatic carbocycles. The van der Waals surface area contributed by atoms with Crippen LogP contribution in [0.5, 0.6) is 0 Å². The minimum atomic E-state index is -0.503. The number of nitrogens with two attached hydrogens (primary N) is 1. The van der Waals surface area contributed by atoms with Gasteiger partial charge in [-0.2, -0.15) is 0 Å². The molecule has 19 heavy (non-hydrogen) atoms. The molecule has 0 fully saturated rings. The van der Waals surface area contributed by atoms with Crippen LogP contribution in [-0.2, 0) is 0 Å². The van der Waals surface area contributed by atoms with Crippen LogP contribution in [0.15, 0.2) is 27.8 Å². The van der Waals surface area contributed by atoms with Gasteiger partial charge in [0.25, 0.3) is 5.91 Å². The van der Waals surface area contributed by atoms with Crippen LogP contribution in [0.2, 0.25) is 0 Å². The van der Waals surface area contributed by atoms with E-state index in [1.807, 2.05) is 6.92 Å². The lowest BCUT2D eigenvalue weighted by Gasteiger charge is -2.16. The summed E-state index contributed by atoms with van der Waals surface area (Å²) in [6, 6.07) is 3.95. The number of rotatable bonds is 5. The van der Waals surface area contributed by atoms with Crippen LogP contribution < -0.4 is 11.1 Å². The molecule has 0 bridgehead atoms. The number of benzene rings is 1. The van der Waals surface area contributed by atoms with Crippen molar-refractivity contribution in [1.29, 1.82) is 0 Å². The number of halogens is 2. The fraction of sp³-hybridized carbons (Fsp3) is 0.333. The number of nitrogens with one attached hydrogen (secondary N) is 1. The molecule has 104 valence electrons. The molecule has 0 heterocycles. The predicted molar refractivity (Wildman–Crippen MR) is 73.7 cm³/mol. The van der Waals surface area contributed by atoms with Gasteiger partial charge in [-0.15, -0.1) is 0 Å². The van der Waals surface area contributed by atoms with Crippen molar-refractivity contribution in [2.24, 2.45) is 10.9 Å². The van der Waals surface area contributed by atoms with Gasteiger partial charge >= 0.3 is 0 Å². The fourth-order valence-electron chi connectivity index (χ4n) is 1.53. The summed E-state index contributed by atoms with van der Waals surface area (Å²) in [6.45, 7) is 1.86. The van der Waals surface area contributed by atoms with Crippen LogP contribution >= 0.6 is 15.9 Å². The summed E-state index contributed by atoms with van der Waals surface area (Å²) in [5.74, 6) is -0.883. The number of hydrogen-bond acceptors (Lipinski definition) is 3. The zero-order valence-corrected chi connectivity index (χ0v) is 11.9. The Morgan fingerprint density at radius 1 is 1.63 bits per heavy atom. The van der Waals surface area contributed by atoms with Gasteiger partial charge in [-0.1, -0.05) is 18.1 Å². The second-order valence-corrected chi connectivity index (χ2v) is 4.77. The zero-order valence-electron chi connectivity index (χ0n) is 10.4. The Kier molecular flexibility index (Phi) is 5.75. The van der Waals surface area contributed by atoms with Crippen molar-refractivity contribution in [1.82, 2.24) is 5.32 Å². The maximum absolute atomic E-state index is 13.3. The third-order valence-electron chi connectivity index (χ3n) is 2.61. The van der Waals surface area contributed by atoms with Crippen LogP contribution in [0.1, 0.15) is 30.1 Å². The number of nitrogens with zero attached hydrogens (tertiary/aromatic N) is 1. The lowest BCUT2D eigenvalue weighted by Crippen LogP contribution is -2.37. The molecule has 0 saturated heterocycles. The molecule has 1 atom stereocenters. The van der Waals surface area contributed by atoms with Crippen LogP contribution in [0, 0.1) is 5.82 Å². The Labute approximate surface area is 118 Å². The number of oxime groups is 1. The zero-order chi connectivity index (χ0) is 14.4. The van der Waals surface area contributed by atoms with Crippen LogP contribution in [-0.4, -0.2) is 23.0 Å². The molecule has 1 rings (SSSR count). The first kappa shape index (κ1) is 15.4. The van der Waals surface area contributed by atoms with Gasteiger partial charge < -0.3 is 16.3 Å². The molecular formula is C12H15BrFN3O2. The van der Waals surface area contributed by atoms with Crippen molar-refractivity contribution in [3.8, 4) is 0 Å². The minimum absolute atomic E-state index is 0.0328. The van der Waals surface area contributed by atoms with E-state index in [0.29, 0.717) is 6.42 Å². The highest BCUT2D eigenvalue weighted by molar-refractivity contribution is 9.10. The van der Waals surface area contributed by atoms with Crippen LogP contribution in [0.25, 0.3) is 0 Å². The number of amidine groups is 1. The van der Waals surface area contributed by atoms with E-state index in [-0.39, 0.29) is 28.3 Å². The molecule has 0 aromatic heterocycles. The topological polar surface area (TPSA) is 87.7 Å². The highest BCUT2D eigenvalue weighted by Gasteiger charge is 2.17. The molecule has 1 unspecified atom stereocenters. The molecule has 1 aromatic rings. The monoisotopic (exact) mass is 331 g/mol. The SMILES string of the molecule is CCC(C/C(N)=N/O)NC(=O)c1cccc(F)c1Br. The minimum Gasteiger partial charge on any atom is -0.409 e. The van der Waals surface area contributed by atoms with E-state index < -0.39 is 11.7 Å². The lowest BCUT2D eigenvalue weighted by atomic mass is 10.1. The van der Waals surface area contributed by atoms with Gasteiger partial charge in [0.2, 0.25) is 0 Å². The second kappa shape index (κ2) is 7.08. The van der Waals surface area contributed by atoms with Gasteiger partial charge in [0.15, 0.2) is 0 Å². The van der Waals surface area contributed by atoms with Gasteiger partial charge in [-0.3, -0.25) is 4.79 Å². The summed E-state index contributed by atoms with van der Waals surface area (Å²) >= 11 is 3.03. The molecule has 0 aliphatic carbocycles. The molecule has 1 amide bonds. The largest absolute Gasteiger partial charge is 0.409 e. The van der Waals surface area contributed by atoms with E-state index in [1.54, 1.807) is 0 Å². The first-order chi connectivity index (χ1) is 8.99. The third-order valence-corrected chi connectivity index (χ3v) is 3.41. The molecule has 0 saturated carbocycles. The summed E-state index contributed by atoms with van der Waals surface area (Å²) in [4.78, 5) is 12.0. The van der Waals surface area contributed by atoms with Crippen molar-refractivity contribution in [3.05, 3.63) is 34.1 Å². The average Bonchev–Trinajstić information content (AvgIpc) is 2.40. The predicted octanol–water partition coefficient (Wildman–Crippen LogP) is 2.23. The van der Waals surface area contributed by atoms with Gasteiger partial charge in [0.05, 0.1) is 10.0 Å². The smallest absolute Gasteiger partial charge is 0.252 e. The Morgan fingerprint density at radius 3 is 2.89 bits per heavy atom. The molecule has 0 aliphatic heterocycles. The molecule has 0 radical (unpaired) electrons. The highest BCUT2D eigenvalue weighted by Crippen LogP contribution is 2.20. The first-order valence-electron chi connectivity index (χ1n) is 5.70. The maximum atomic E-state index is 13.3. The summed E-state index contributed by atoms with van der Waals surface area (Å²) < 4.78 is 13.4. The van der Waals surface area contributed by atoms with E-state index in [9.17, 15) is 9.18 Å². The van der Waals surface area contributed by atoms with E-state index >= 15 is 0 Å². The molecule has 4 N–H and O–H groups in total. The van der Waals surface area contributed by atoms with E-state index in [2.05, 4.69) is 26.4 Å². The Hall–Kier alpha value is -1.63. The Balaban J connectivity index is 2.80. The summed E-state index contributed by atoms with van der Waals surface area (Å²) in [6.07, 6.45) is 0.834. The second-order valence-electron chi connectivity index (χ2n) is 3.98. The van der Waals surface area contributed by atoms with Gasteiger partial charge in [-0.05, 0) is 34.5 Å². The number of carbonyl (C=O) groups is 1. The molecular weight excluding hydrogens is 317 g/mol. The van der Waals surface area contributed by atoms with E-state index in [4.69, 9.17) is 10.9 Å². The Bertz CT molecular complexity index is 494. The number of amides is 1. The normalized spacial score (nSPS) is 13.1. The summed E-state index contributed by atoms with van der Waals surface area (Å²) in [7, 11) is 0. The molecule has 5 nitrogen and oxygen atoms in total. The van der Waals surface area contributed by atoms with Gasteiger partial charge in [0.1, 0.15) is 11.7 Å². The number of hydrogen-bond donors (Lipinski definition) is 3. The van der Waals surface area contributed by atoms with Crippen LogP contribution in [0.4, 0.5) is 4.39 Å². The van der Waals surface area contributed by atoms with Crippen molar-refractivity contribution in [2.75, 3.05) is 0 Å². The molecule has 7 heteroatoms. The van der Waals surface area contributed by atoms with E-state index in [1.165, 1.54) is 18.2 Å². The molecule has 0 spiro atoms. The van der Waals surface area contributed by atoms with Crippen molar-refractivity contribution < 1.29 is 14.4 Å². The van der Waals surface area contributed by atoms with E-state index in [0.717, 1.165) is 0 Å². The van der Waals surface area contributed by atoms with Gasteiger partial charge in [-0.25, -0.2) is 4.39 Å². The standard InChI is InChI=1S/C12H15BrFN3O2/c1-2-7(6-10(15)17-19)16-12(18)8-4-3-5-9(14)11(8)13/h3-5,7,19H,2,6H2,1H3,(H2,15,17)(H,16,18). The van der Waals surface area contributed by atoms with Crippen molar-refractivity contribution >= 4 is 27.7 Å². The van der Waals surface area contributed by atoms with Crippen LogP contribution in [0.3, 0.4) is 0 Å². The maximum Gasteiger partial charge on any atom is 0.252 e. The van der Waals surface area contributed by atoms with Crippen molar-refractivity contribution in [2.45, 2.75) is 25.8 Å². The third kappa shape index (κ3) is 4.20. The van der Waals surface area contributed by atoms with Crippen molar-refractivity contribution in [3.63, 3.8) is 0 Å². The Morgan fingerprint density at radius 2 is 2.32 bits per heavy atom. The summed E-state index contributed by atoms with van der Waals surface area (Å²) in [5.41, 5.74) is 5.60. The first-order valence-corrected chi connectivity index (χ1v) is 6.50. The van der Waals surface area contributed by atoms with Gasteiger partial charge in [0, 0.05) is 12.5 Å². The molecule has 0 aliphatic rings. The summed E-state index contributed by atoms with van der Waals surface area (Å²) in [5, 5.41) is 14.1. The quantitative estimate of drug-likeness (QED) is 0.334. The average molecular weight is 332 g/mol. The number of carbonyl (C=O) groups excluding carboxylic acids is 1. The fourth-order valence-corrected chi connectivity index (χ4v) is 1.98. The lowest BCUT2D eigenvalue weighted by molar-refractivity contribution is 0.0935.